The zero-order chi connectivity index (χ0) is 17.5. The van der Waals surface area contributed by atoms with Gasteiger partial charge >= 0.3 is 0 Å². The molecule has 1 heterocycles. The summed E-state index contributed by atoms with van der Waals surface area (Å²) in [6, 6.07) is 8.45. The van der Waals surface area contributed by atoms with E-state index in [4.69, 9.17) is 4.42 Å². The second-order valence-electron chi connectivity index (χ2n) is 5.21. The summed E-state index contributed by atoms with van der Waals surface area (Å²) in [4.78, 5) is 23.8. The Labute approximate surface area is 143 Å². The fourth-order valence-electron chi connectivity index (χ4n) is 1.98. The number of carbonyl (C=O) groups excluding carboxylic acids is 2. The maximum Gasteiger partial charge on any atom is 0.258 e. The maximum absolute atomic E-state index is 12.0. The van der Waals surface area contributed by atoms with Crippen LogP contribution >= 0.6 is 0 Å². The Morgan fingerprint density at radius 3 is 2.29 bits per heavy atom. The highest BCUT2D eigenvalue weighted by Gasteiger charge is 2.09. The molecule has 0 saturated heterocycles. The summed E-state index contributed by atoms with van der Waals surface area (Å²) in [6.07, 6.45) is 1.62. The van der Waals surface area contributed by atoms with E-state index >= 15 is 0 Å². The van der Waals surface area contributed by atoms with Crippen molar-refractivity contribution in [1.29, 1.82) is 0 Å². The predicted octanol–water partition coefficient (Wildman–Crippen LogP) is 2.94. The molecule has 2 aromatic rings. The van der Waals surface area contributed by atoms with E-state index in [1.54, 1.807) is 37.3 Å². The highest BCUT2D eigenvalue weighted by Crippen LogP contribution is 2.15. The number of hydrogen-bond donors (Lipinski definition) is 2. The van der Waals surface area contributed by atoms with Crippen molar-refractivity contribution in [3.05, 3.63) is 47.9 Å². The first kappa shape index (κ1) is 17.9. The largest absolute Gasteiger partial charge is 0.469 e. The Hall–Kier alpha value is -2.41. The zero-order valence-corrected chi connectivity index (χ0v) is 14.4. The van der Waals surface area contributed by atoms with E-state index in [-0.39, 0.29) is 18.2 Å². The summed E-state index contributed by atoms with van der Waals surface area (Å²) in [7, 11) is -0.948. The number of benzene rings is 1. The average Bonchev–Trinajstić information content (AvgIpc) is 3.01. The lowest BCUT2D eigenvalue weighted by molar-refractivity contribution is -0.115. The van der Waals surface area contributed by atoms with Crippen molar-refractivity contribution in [3.8, 4) is 0 Å². The lowest BCUT2D eigenvalue weighted by Crippen LogP contribution is -2.15. The smallest absolute Gasteiger partial charge is 0.258 e. The Balaban J connectivity index is 1.87. The molecule has 0 spiro atoms. The van der Waals surface area contributed by atoms with Crippen LogP contribution in [0.3, 0.4) is 0 Å². The number of rotatable bonds is 7. The molecule has 0 radical (unpaired) electrons. The van der Waals surface area contributed by atoms with Crippen LogP contribution in [0.4, 0.5) is 11.4 Å². The molecule has 1 aromatic heterocycles. The minimum absolute atomic E-state index is 0.178. The summed E-state index contributed by atoms with van der Waals surface area (Å²) in [5.41, 5.74) is 1.69. The van der Waals surface area contributed by atoms with Gasteiger partial charge < -0.3 is 15.1 Å². The molecule has 7 heteroatoms. The molecule has 6 nitrogen and oxygen atoms in total. The molecule has 2 amide bonds. The summed E-state index contributed by atoms with van der Waals surface area (Å²) in [6.45, 7) is 3.59. The number of nitrogens with one attached hydrogen (secondary N) is 2. The lowest BCUT2D eigenvalue weighted by Gasteiger charge is -2.07. The molecule has 0 aliphatic rings. The van der Waals surface area contributed by atoms with Gasteiger partial charge in [0.05, 0.1) is 5.56 Å². The zero-order valence-electron chi connectivity index (χ0n) is 13.6. The number of carbonyl (C=O) groups is 2. The van der Waals surface area contributed by atoms with Crippen LogP contribution in [0, 0.1) is 6.92 Å². The van der Waals surface area contributed by atoms with E-state index in [9.17, 15) is 13.8 Å². The molecule has 2 rings (SSSR count). The minimum atomic E-state index is -0.948. The van der Waals surface area contributed by atoms with Crippen LogP contribution in [0.2, 0.25) is 0 Å². The minimum Gasteiger partial charge on any atom is -0.469 e. The number of anilines is 2. The summed E-state index contributed by atoms with van der Waals surface area (Å²) in [5.74, 6) is 1.15. The van der Waals surface area contributed by atoms with Gasteiger partial charge in [0.2, 0.25) is 5.91 Å². The lowest BCUT2D eigenvalue weighted by atomic mass is 10.2. The molecular formula is C17H20N2O4S. The predicted molar refractivity (Wildman–Crippen MR) is 94.6 cm³/mol. The monoisotopic (exact) mass is 348 g/mol. The van der Waals surface area contributed by atoms with Crippen molar-refractivity contribution in [2.24, 2.45) is 0 Å². The van der Waals surface area contributed by atoms with Crippen LogP contribution in [0.5, 0.6) is 0 Å². The van der Waals surface area contributed by atoms with Crippen molar-refractivity contribution in [2.75, 3.05) is 22.1 Å². The van der Waals surface area contributed by atoms with Gasteiger partial charge in [0.25, 0.3) is 5.91 Å². The first-order chi connectivity index (χ1) is 11.5. The molecule has 0 fully saturated rings. The van der Waals surface area contributed by atoms with E-state index in [1.165, 1.54) is 6.26 Å². The molecule has 1 atom stereocenters. The molecule has 0 aliphatic heterocycles. The van der Waals surface area contributed by atoms with Gasteiger partial charge in [-0.2, -0.15) is 0 Å². The Morgan fingerprint density at radius 1 is 1.12 bits per heavy atom. The van der Waals surface area contributed by atoms with Crippen LogP contribution in [0.15, 0.2) is 41.0 Å². The van der Waals surface area contributed by atoms with Crippen LogP contribution in [-0.4, -0.2) is 27.5 Å². The molecule has 0 saturated carbocycles. The normalized spacial score (nSPS) is 11.8. The molecule has 2 N–H and O–H groups in total. The topological polar surface area (TPSA) is 88.4 Å². The van der Waals surface area contributed by atoms with Crippen LogP contribution in [-0.2, 0) is 15.6 Å². The Kier molecular flexibility index (Phi) is 6.31. The third-order valence-electron chi connectivity index (χ3n) is 3.30. The number of aryl methyl sites for hydroxylation is 1. The van der Waals surface area contributed by atoms with E-state index in [0.29, 0.717) is 34.2 Å². The van der Waals surface area contributed by atoms with Gasteiger partial charge in [-0.25, -0.2) is 0 Å². The first-order valence-corrected chi connectivity index (χ1v) is 9.08. The van der Waals surface area contributed by atoms with Crippen molar-refractivity contribution in [2.45, 2.75) is 20.3 Å². The highest BCUT2D eigenvalue weighted by molar-refractivity contribution is 7.84. The first-order valence-electron chi connectivity index (χ1n) is 7.59. The summed E-state index contributed by atoms with van der Waals surface area (Å²) >= 11 is 0. The average molecular weight is 348 g/mol. The van der Waals surface area contributed by atoms with Crippen molar-refractivity contribution in [3.63, 3.8) is 0 Å². The van der Waals surface area contributed by atoms with Gasteiger partial charge in [-0.05, 0) is 37.3 Å². The molecule has 0 bridgehead atoms. The molecule has 0 unspecified atom stereocenters. The summed E-state index contributed by atoms with van der Waals surface area (Å²) < 4.78 is 16.4. The number of furan rings is 1. The van der Waals surface area contributed by atoms with Gasteiger partial charge in [0.1, 0.15) is 12.0 Å². The molecule has 1 aromatic carbocycles. The van der Waals surface area contributed by atoms with Gasteiger partial charge in [-0.15, -0.1) is 0 Å². The SMILES string of the molecule is CC[S@](=O)CCC(=O)Nc1ccc(NC(=O)c2coc(C)c2)cc1. The van der Waals surface area contributed by atoms with Crippen LogP contribution in [0.25, 0.3) is 0 Å². The van der Waals surface area contributed by atoms with E-state index < -0.39 is 10.8 Å². The third kappa shape index (κ3) is 5.34. The van der Waals surface area contributed by atoms with Gasteiger partial charge in [0.15, 0.2) is 0 Å². The van der Waals surface area contributed by atoms with Gasteiger partial charge in [-0.3, -0.25) is 13.8 Å². The molecule has 0 aliphatic carbocycles. The van der Waals surface area contributed by atoms with Crippen LogP contribution < -0.4 is 10.6 Å². The number of hydrogen-bond acceptors (Lipinski definition) is 4. The Bertz CT molecular complexity index is 737. The van der Waals surface area contributed by atoms with Crippen molar-refractivity contribution < 1.29 is 18.2 Å². The van der Waals surface area contributed by atoms with E-state index in [2.05, 4.69) is 10.6 Å². The van der Waals surface area contributed by atoms with Crippen molar-refractivity contribution >= 4 is 34.0 Å². The quantitative estimate of drug-likeness (QED) is 0.805. The number of amides is 2. The van der Waals surface area contributed by atoms with E-state index in [0.717, 1.165) is 0 Å². The fraction of sp³-hybridized carbons (Fsp3) is 0.294. The second kappa shape index (κ2) is 8.44. The maximum atomic E-state index is 12.0. The molecule has 24 heavy (non-hydrogen) atoms. The van der Waals surface area contributed by atoms with Gasteiger partial charge in [0, 0.05) is 40.1 Å². The van der Waals surface area contributed by atoms with Crippen LogP contribution in [0.1, 0.15) is 29.5 Å². The fourth-order valence-corrected chi connectivity index (χ4v) is 2.68. The second-order valence-corrected chi connectivity index (χ2v) is 7.07. The van der Waals surface area contributed by atoms with Crippen molar-refractivity contribution in [1.82, 2.24) is 0 Å². The standard InChI is InChI=1S/C17H20N2O4S/c1-3-24(22)9-8-16(20)18-14-4-6-15(7-5-14)19-17(21)13-10-12(2)23-11-13/h4-7,10-11H,3,8-9H2,1-2H3,(H,18,20)(H,19,21)/t24-/m0/s1. The summed E-state index contributed by atoms with van der Waals surface area (Å²) in [5, 5.41) is 5.48. The Morgan fingerprint density at radius 2 is 1.75 bits per heavy atom. The third-order valence-corrected chi connectivity index (χ3v) is 4.60. The molecular weight excluding hydrogens is 328 g/mol. The molecule has 128 valence electrons. The van der Waals surface area contributed by atoms with Gasteiger partial charge in [-0.1, -0.05) is 6.92 Å². The van der Waals surface area contributed by atoms with E-state index in [1.807, 2.05) is 6.92 Å². The highest BCUT2D eigenvalue weighted by atomic mass is 32.2.